The van der Waals surface area contributed by atoms with Crippen molar-refractivity contribution in [2.24, 2.45) is 0 Å². The maximum absolute atomic E-state index is 12.5. The summed E-state index contributed by atoms with van der Waals surface area (Å²) < 4.78 is 25.0. The van der Waals surface area contributed by atoms with Crippen molar-refractivity contribution in [2.75, 3.05) is 35.0 Å². The first-order valence-electron chi connectivity index (χ1n) is 9.15. The van der Waals surface area contributed by atoms with Crippen LogP contribution in [0.3, 0.4) is 0 Å². The number of rotatable bonds is 6. The van der Waals surface area contributed by atoms with Gasteiger partial charge < -0.3 is 23.7 Å². The number of benzene rings is 1. The maximum atomic E-state index is 12.5. The normalized spacial score (nSPS) is 11.0. The van der Waals surface area contributed by atoms with Crippen LogP contribution in [0.4, 0.5) is 4.79 Å². The monoisotopic (exact) mass is 447 g/mol. The third-order valence-electron chi connectivity index (χ3n) is 4.39. The van der Waals surface area contributed by atoms with Gasteiger partial charge in [0.1, 0.15) is 0 Å². The molecule has 1 heterocycles. The van der Waals surface area contributed by atoms with Gasteiger partial charge in [0.25, 0.3) is 0 Å². The predicted molar refractivity (Wildman–Crippen MR) is 109 cm³/mol. The molecule has 0 aliphatic heterocycles. The van der Waals surface area contributed by atoms with Gasteiger partial charge in [0.15, 0.2) is 0 Å². The third-order valence-corrected chi connectivity index (χ3v) is 4.39. The summed E-state index contributed by atoms with van der Waals surface area (Å²) in [6.07, 6.45) is 1.29. The van der Waals surface area contributed by atoms with Crippen LogP contribution >= 0.6 is 0 Å². The van der Waals surface area contributed by atoms with Gasteiger partial charge in [-0.15, -0.1) is 0 Å². The van der Waals surface area contributed by atoms with Crippen LogP contribution in [0.25, 0.3) is 16.5 Å². The fourth-order valence-electron chi connectivity index (χ4n) is 3.02. The zero-order chi connectivity index (χ0) is 24.0. The number of carbonyl (C=O) groups is 5. The van der Waals surface area contributed by atoms with E-state index in [1.165, 1.54) is 12.3 Å². The van der Waals surface area contributed by atoms with E-state index in [0.29, 0.717) is 0 Å². The van der Waals surface area contributed by atoms with Gasteiger partial charge in [0.2, 0.25) is 0 Å². The topological polar surface area (TPSA) is 136 Å². The number of hydrogen-bond donors (Lipinski definition) is 0. The summed E-state index contributed by atoms with van der Waals surface area (Å²) in [5.41, 5.74) is -0.887. The maximum Gasteiger partial charge on any atom is 0.418 e. The zero-order valence-corrected chi connectivity index (χ0v) is 18.0. The molecule has 0 bridgehead atoms. The van der Waals surface area contributed by atoms with Gasteiger partial charge in [-0.25, -0.2) is 24.0 Å². The van der Waals surface area contributed by atoms with Crippen LogP contribution in [0.5, 0.6) is 0 Å². The molecule has 2 aromatic rings. The molecule has 11 heteroatoms. The second-order valence-corrected chi connectivity index (χ2v) is 6.05. The summed E-state index contributed by atoms with van der Waals surface area (Å²) >= 11 is 0. The smallest absolute Gasteiger partial charge is 0.418 e. The molecule has 0 N–H and O–H groups in total. The quantitative estimate of drug-likeness (QED) is 0.367. The minimum absolute atomic E-state index is 0.00273. The van der Waals surface area contributed by atoms with Crippen molar-refractivity contribution >= 4 is 46.4 Å². The number of nitrogens with zero attached hydrogens (tertiary/aromatic N) is 1. The highest BCUT2D eigenvalue weighted by Crippen LogP contribution is 2.33. The van der Waals surface area contributed by atoms with Gasteiger partial charge in [-0.3, -0.25) is 4.57 Å². The van der Waals surface area contributed by atoms with E-state index in [0.717, 1.165) is 45.1 Å². The Kier molecular flexibility index (Phi) is 7.72. The van der Waals surface area contributed by atoms with Gasteiger partial charge in [0.05, 0.1) is 57.3 Å². The van der Waals surface area contributed by atoms with Crippen LogP contribution in [0.15, 0.2) is 24.4 Å². The molecule has 0 aliphatic rings. The lowest BCUT2D eigenvalue weighted by molar-refractivity contribution is -0.136. The van der Waals surface area contributed by atoms with Gasteiger partial charge in [-0.2, -0.15) is 0 Å². The Morgan fingerprint density at radius 2 is 1.56 bits per heavy atom. The largest absolute Gasteiger partial charge is 0.466 e. The first kappa shape index (κ1) is 24.1. The second-order valence-electron chi connectivity index (χ2n) is 6.05. The number of hydrogen-bond acceptors (Lipinski definition) is 10. The number of fused-ring (bicyclic) bond motifs is 1. The molecule has 0 aliphatic carbocycles. The lowest BCUT2D eigenvalue weighted by atomic mass is 9.94. The SMILES string of the molecule is CCOC(=O)n1ccc2c(C(=O)OC)c(C(=O)OC)cc(/C(=C/C(=O)OC)C(=O)OC)c21. The van der Waals surface area contributed by atoms with E-state index in [4.69, 9.17) is 18.9 Å². The summed E-state index contributed by atoms with van der Waals surface area (Å²) in [5.74, 6) is -3.67. The first-order chi connectivity index (χ1) is 15.2. The van der Waals surface area contributed by atoms with Crippen molar-refractivity contribution in [2.45, 2.75) is 6.92 Å². The van der Waals surface area contributed by atoms with Crippen molar-refractivity contribution < 1.29 is 47.7 Å². The van der Waals surface area contributed by atoms with E-state index in [-0.39, 0.29) is 39.8 Å². The average molecular weight is 447 g/mol. The van der Waals surface area contributed by atoms with Crippen LogP contribution < -0.4 is 0 Å². The highest BCUT2D eigenvalue weighted by atomic mass is 16.6. The number of carbonyl (C=O) groups excluding carboxylic acids is 5. The summed E-state index contributed by atoms with van der Waals surface area (Å²) in [6, 6.07) is 2.49. The van der Waals surface area contributed by atoms with E-state index < -0.39 is 30.0 Å². The molecule has 0 saturated heterocycles. The molecule has 2 rings (SSSR count). The van der Waals surface area contributed by atoms with E-state index in [9.17, 15) is 24.0 Å². The summed E-state index contributed by atoms with van der Waals surface area (Å²) in [5, 5.41) is 0.0717. The van der Waals surface area contributed by atoms with Crippen LogP contribution in [0.2, 0.25) is 0 Å². The molecular weight excluding hydrogens is 426 g/mol. The van der Waals surface area contributed by atoms with Gasteiger partial charge in [-0.05, 0) is 19.1 Å². The molecular formula is C21H21NO10. The van der Waals surface area contributed by atoms with Crippen LogP contribution in [-0.2, 0) is 33.3 Å². The lowest BCUT2D eigenvalue weighted by Gasteiger charge is -2.15. The molecule has 170 valence electrons. The van der Waals surface area contributed by atoms with Crippen LogP contribution in [-0.4, -0.2) is 69.6 Å². The zero-order valence-electron chi connectivity index (χ0n) is 18.0. The molecule has 0 unspecified atom stereocenters. The molecule has 1 aromatic heterocycles. The summed E-state index contributed by atoms with van der Waals surface area (Å²) in [6.45, 7) is 1.64. The number of methoxy groups -OCH3 is 4. The minimum Gasteiger partial charge on any atom is -0.466 e. The molecule has 1 aromatic carbocycles. The lowest BCUT2D eigenvalue weighted by Crippen LogP contribution is -2.18. The van der Waals surface area contributed by atoms with Gasteiger partial charge in [0, 0.05) is 23.2 Å². The van der Waals surface area contributed by atoms with E-state index in [2.05, 4.69) is 4.74 Å². The Labute approximate surface area is 182 Å². The van der Waals surface area contributed by atoms with Crippen molar-refractivity contribution in [3.05, 3.63) is 41.1 Å². The Morgan fingerprint density at radius 1 is 0.906 bits per heavy atom. The van der Waals surface area contributed by atoms with Gasteiger partial charge >= 0.3 is 30.0 Å². The predicted octanol–water partition coefficient (Wildman–Crippen LogP) is 1.95. The van der Waals surface area contributed by atoms with Crippen LogP contribution in [0, 0.1) is 0 Å². The third kappa shape index (κ3) is 4.46. The highest BCUT2D eigenvalue weighted by molar-refractivity contribution is 6.26. The fourth-order valence-corrected chi connectivity index (χ4v) is 3.02. The Balaban J connectivity index is 3.10. The van der Waals surface area contributed by atoms with Crippen molar-refractivity contribution in [1.29, 1.82) is 0 Å². The molecule has 0 atom stereocenters. The number of esters is 4. The fraction of sp³-hybridized carbons (Fsp3) is 0.286. The molecule has 32 heavy (non-hydrogen) atoms. The van der Waals surface area contributed by atoms with E-state index in [1.54, 1.807) is 6.92 Å². The summed E-state index contributed by atoms with van der Waals surface area (Å²) in [7, 11) is 4.40. The Bertz CT molecular complexity index is 1130. The second kappa shape index (κ2) is 10.2. The van der Waals surface area contributed by atoms with Crippen molar-refractivity contribution in [3.8, 4) is 0 Å². The average Bonchev–Trinajstić information content (AvgIpc) is 3.25. The Morgan fingerprint density at radius 3 is 2.09 bits per heavy atom. The van der Waals surface area contributed by atoms with E-state index >= 15 is 0 Å². The van der Waals surface area contributed by atoms with Crippen molar-refractivity contribution in [3.63, 3.8) is 0 Å². The standard InChI is InChI=1S/C21H21NO10/c1-6-32-21(27)22-8-7-11-16(20(26)31-5)14(19(25)30-4)9-12(17(11)22)13(18(24)29-3)10-15(23)28-2/h7-10H,6H2,1-5H3/b13-10-. The van der Waals surface area contributed by atoms with E-state index in [1.807, 2.05) is 0 Å². The molecule has 0 radical (unpaired) electrons. The molecule has 0 saturated carbocycles. The number of ether oxygens (including phenoxy) is 5. The summed E-state index contributed by atoms with van der Waals surface area (Å²) in [4.78, 5) is 62.0. The van der Waals surface area contributed by atoms with Crippen LogP contribution in [0.1, 0.15) is 33.2 Å². The molecule has 0 fully saturated rings. The number of aromatic nitrogens is 1. The molecule has 0 amide bonds. The Hall–Kier alpha value is -4.15. The van der Waals surface area contributed by atoms with Gasteiger partial charge in [-0.1, -0.05) is 0 Å². The first-order valence-corrected chi connectivity index (χ1v) is 9.15. The highest BCUT2D eigenvalue weighted by Gasteiger charge is 2.30. The molecule has 11 nitrogen and oxygen atoms in total. The molecule has 0 spiro atoms. The van der Waals surface area contributed by atoms with Crippen molar-refractivity contribution in [1.82, 2.24) is 4.57 Å². The minimum atomic E-state index is -0.963.